The number of carbonyl (C=O) groups is 1. The van der Waals surface area contributed by atoms with Crippen LogP contribution in [-0.2, 0) is 9.53 Å². The first-order valence-electron chi connectivity index (χ1n) is 7.77. The highest BCUT2D eigenvalue weighted by atomic mass is 33.1. The summed E-state index contributed by atoms with van der Waals surface area (Å²) >= 11 is 0. The topological polar surface area (TPSA) is 38.3 Å². The summed E-state index contributed by atoms with van der Waals surface area (Å²) in [5.41, 5.74) is -0.0897. The van der Waals surface area contributed by atoms with Crippen molar-refractivity contribution in [1.82, 2.24) is 5.32 Å². The highest BCUT2D eigenvalue weighted by molar-refractivity contribution is 8.77. The second kappa shape index (κ2) is 7.95. The predicted molar refractivity (Wildman–Crippen MR) is 88.1 cm³/mol. The molecule has 0 aromatic heterocycles. The quantitative estimate of drug-likeness (QED) is 0.598. The number of unbranched alkanes of at least 4 members (excludes halogenated alkanes) is 1. The minimum Gasteiger partial charge on any atom is -0.375 e. The molecule has 0 radical (unpaired) electrons. The van der Waals surface area contributed by atoms with Gasteiger partial charge in [0.2, 0.25) is 5.91 Å². The molecule has 2 atom stereocenters. The van der Waals surface area contributed by atoms with Gasteiger partial charge in [-0.3, -0.25) is 4.79 Å². The van der Waals surface area contributed by atoms with Crippen LogP contribution in [0.5, 0.6) is 0 Å². The Hall–Kier alpha value is 0.130. The van der Waals surface area contributed by atoms with Gasteiger partial charge in [-0.05, 0) is 46.0 Å². The Morgan fingerprint density at radius 1 is 1.35 bits per heavy atom. The van der Waals surface area contributed by atoms with Crippen LogP contribution in [0.25, 0.3) is 0 Å². The molecule has 20 heavy (non-hydrogen) atoms. The standard InChI is InChI=1S/C15H27NO2S2/c1-15(2)11-12(7-9-18-15)16-14(17)6-4-3-5-13-8-10-19-20-13/h12-13H,3-11H2,1-2H3,(H,16,17)/t12-,13+/m0/s1. The summed E-state index contributed by atoms with van der Waals surface area (Å²) in [6, 6.07) is 0.299. The molecule has 0 spiro atoms. The van der Waals surface area contributed by atoms with E-state index in [2.05, 4.69) is 19.2 Å². The van der Waals surface area contributed by atoms with Crippen LogP contribution in [0.2, 0.25) is 0 Å². The number of ether oxygens (including phenoxy) is 1. The summed E-state index contributed by atoms with van der Waals surface area (Å²) in [6.45, 7) is 4.96. The number of carbonyl (C=O) groups excluding carboxylic acids is 1. The second-order valence-electron chi connectivity index (χ2n) is 6.44. The molecular weight excluding hydrogens is 290 g/mol. The third-order valence-electron chi connectivity index (χ3n) is 3.97. The molecule has 0 aromatic carbocycles. The molecule has 2 rings (SSSR count). The Labute approximate surface area is 130 Å². The largest absolute Gasteiger partial charge is 0.375 e. The zero-order chi connectivity index (χ0) is 14.4. The van der Waals surface area contributed by atoms with Crippen LogP contribution in [0.3, 0.4) is 0 Å². The Morgan fingerprint density at radius 2 is 2.20 bits per heavy atom. The molecular formula is C15H27NO2S2. The van der Waals surface area contributed by atoms with Gasteiger partial charge in [0.05, 0.1) is 5.60 Å². The molecule has 3 nitrogen and oxygen atoms in total. The molecule has 0 aromatic rings. The minimum atomic E-state index is -0.0897. The SMILES string of the molecule is CC1(C)C[C@@H](NC(=O)CCCC[C@@H]2CCSS2)CCO1. The lowest BCUT2D eigenvalue weighted by atomic mass is 9.94. The molecule has 2 saturated heterocycles. The molecule has 2 heterocycles. The third-order valence-corrected chi connectivity index (χ3v) is 6.98. The van der Waals surface area contributed by atoms with Crippen LogP contribution in [0.4, 0.5) is 0 Å². The van der Waals surface area contributed by atoms with Gasteiger partial charge in [0.25, 0.3) is 0 Å². The van der Waals surface area contributed by atoms with Crippen LogP contribution in [0.1, 0.15) is 58.8 Å². The fourth-order valence-corrected chi connectivity index (χ4v) is 5.90. The van der Waals surface area contributed by atoms with Gasteiger partial charge in [0.1, 0.15) is 0 Å². The Morgan fingerprint density at radius 3 is 2.90 bits per heavy atom. The molecule has 1 amide bonds. The Balaban J connectivity index is 1.55. The van der Waals surface area contributed by atoms with Gasteiger partial charge in [-0.25, -0.2) is 0 Å². The average molecular weight is 318 g/mol. The van der Waals surface area contributed by atoms with E-state index in [1.165, 1.54) is 25.0 Å². The first-order valence-corrected chi connectivity index (χ1v) is 10.1. The summed E-state index contributed by atoms with van der Waals surface area (Å²) in [7, 11) is 4.03. The van der Waals surface area contributed by atoms with Crippen molar-refractivity contribution in [2.75, 3.05) is 12.4 Å². The van der Waals surface area contributed by atoms with Crippen LogP contribution < -0.4 is 5.32 Å². The van der Waals surface area contributed by atoms with Crippen molar-refractivity contribution in [2.45, 2.75) is 75.7 Å². The van der Waals surface area contributed by atoms with Gasteiger partial charge in [0.15, 0.2) is 0 Å². The van der Waals surface area contributed by atoms with E-state index in [4.69, 9.17) is 4.74 Å². The van der Waals surface area contributed by atoms with E-state index in [0.717, 1.165) is 31.1 Å². The highest BCUT2D eigenvalue weighted by Gasteiger charge is 2.29. The smallest absolute Gasteiger partial charge is 0.220 e. The molecule has 0 unspecified atom stereocenters. The first-order chi connectivity index (χ1) is 9.55. The lowest BCUT2D eigenvalue weighted by Gasteiger charge is -2.35. The van der Waals surface area contributed by atoms with Crippen LogP contribution in [-0.4, -0.2) is 35.2 Å². The zero-order valence-corrected chi connectivity index (χ0v) is 14.3. The maximum Gasteiger partial charge on any atom is 0.220 e. The molecule has 0 aliphatic carbocycles. The average Bonchev–Trinajstić information content (AvgIpc) is 2.86. The second-order valence-corrected chi connectivity index (χ2v) is 9.23. The third kappa shape index (κ3) is 5.86. The minimum absolute atomic E-state index is 0.0897. The van der Waals surface area contributed by atoms with Crippen LogP contribution >= 0.6 is 21.6 Å². The summed E-state index contributed by atoms with van der Waals surface area (Å²) in [5.74, 6) is 1.52. The zero-order valence-electron chi connectivity index (χ0n) is 12.7. The van der Waals surface area contributed by atoms with E-state index in [9.17, 15) is 4.79 Å². The van der Waals surface area contributed by atoms with E-state index in [1.54, 1.807) is 0 Å². The maximum atomic E-state index is 12.0. The number of rotatable bonds is 6. The van der Waals surface area contributed by atoms with Gasteiger partial charge in [-0.1, -0.05) is 28.0 Å². The van der Waals surface area contributed by atoms with Crippen molar-refractivity contribution in [3.63, 3.8) is 0 Å². The molecule has 2 fully saturated rings. The van der Waals surface area contributed by atoms with Crippen molar-refractivity contribution in [3.05, 3.63) is 0 Å². The fourth-order valence-electron chi connectivity index (χ4n) is 2.88. The van der Waals surface area contributed by atoms with Gasteiger partial charge in [0, 0.05) is 30.1 Å². The van der Waals surface area contributed by atoms with E-state index in [-0.39, 0.29) is 11.5 Å². The monoisotopic (exact) mass is 317 g/mol. The van der Waals surface area contributed by atoms with Crippen LogP contribution in [0, 0.1) is 0 Å². The maximum absolute atomic E-state index is 12.0. The predicted octanol–water partition coefficient (Wildman–Crippen LogP) is 3.77. The summed E-state index contributed by atoms with van der Waals surface area (Å²) in [5, 5.41) is 4.01. The molecule has 2 aliphatic rings. The molecule has 2 aliphatic heterocycles. The van der Waals surface area contributed by atoms with Crippen molar-refractivity contribution in [1.29, 1.82) is 0 Å². The fraction of sp³-hybridized carbons (Fsp3) is 0.933. The van der Waals surface area contributed by atoms with Crippen molar-refractivity contribution < 1.29 is 9.53 Å². The Kier molecular flexibility index (Phi) is 6.56. The lowest BCUT2D eigenvalue weighted by Crippen LogP contribution is -2.45. The first kappa shape index (κ1) is 16.5. The number of nitrogens with one attached hydrogen (secondary N) is 1. The van der Waals surface area contributed by atoms with Crippen molar-refractivity contribution in [2.24, 2.45) is 0 Å². The molecule has 116 valence electrons. The van der Waals surface area contributed by atoms with E-state index < -0.39 is 0 Å². The number of amides is 1. The van der Waals surface area contributed by atoms with Gasteiger partial charge >= 0.3 is 0 Å². The number of hydrogen-bond donors (Lipinski definition) is 1. The summed E-state index contributed by atoms with van der Waals surface area (Å²) < 4.78 is 5.68. The summed E-state index contributed by atoms with van der Waals surface area (Å²) in [4.78, 5) is 12.0. The molecule has 1 N–H and O–H groups in total. The van der Waals surface area contributed by atoms with Gasteiger partial charge < -0.3 is 10.1 Å². The van der Waals surface area contributed by atoms with E-state index in [0.29, 0.717) is 12.5 Å². The van der Waals surface area contributed by atoms with Crippen molar-refractivity contribution in [3.8, 4) is 0 Å². The van der Waals surface area contributed by atoms with E-state index >= 15 is 0 Å². The number of hydrogen-bond acceptors (Lipinski definition) is 4. The lowest BCUT2D eigenvalue weighted by molar-refractivity contribution is -0.124. The normalized spacial score (nSPS) is 29.3. The van der Waals surface area contributed by atoms with Crippen molar-refractivity contribution >= 4 is 27.5 Å². The van der Waals surface area contributed by atoms with Crippen LogP contribution in [0.15, 0.2) is 0 Å². The van der Waals surface area contributed by atoms with Gasteiger partial charge in [-0.2, -0.15) is 0 Å². The molecule has 5 heteroatoms. The molecule has 0 bridgehead atoms. The van der Waals surface area contributed by atoms with Gasteiger partial charge in [-0.15, -0.1) is 0 Å². The highest BCUT2D eigenvalue weighted by Crippen LogP contribution is 2.39. The van der Waals surface area contributed by atoms with E-state index in [1.807, 2.05) is 21.6 Å². The summed E-state index contributed by atoms with van der Waals surface area (Å²) in [6.07, 6.45) is 7.39. The molecule has 0 saturated carbocycles. The Bertz CT molecular complexity index is 317.